The van der Waals surface area contributed by atoms with Crippen LogP contribution in [0, 0.1) is 11.3 Å². The van der Waals surface area contributed by atoms with Crippen LogP contribution in [0.5, 0.6) is 0 Å². The van der Waals surface area contributed by atoms with Crippen LogP contribution in [-0.2, 0) is 9.59 Å². The molecule has 0 aromatic rings. The molecule has 1 amide bonds. The highest BCUT2D eigenvalue weighted by Gasteiger charge is 2.41. The van der Waals surface area contributed by atoms with Crippen LogP contribution >= 0.6 is 0 Å². The van der Waals surface area contributed by atoms with E-state index in [0.717, 1.165) is 12.8 Å². The van der Waals surface area contributed by atoms with Crippen molar-refractivity contribution in [2.75, 3.05) is 0 Å². The Morgan fingerprint density at radius 3 is 2.42 bits per heavy atom. The normalized spacial score (nSPS) is 29.6. The highest BCUT2D eigenvalue weighted by molar-refractivity contribution is 5.90. The number of carbonyl (C=O) groups excluding carboxylic acids is 1. The first-order valence-corrected chi connectivity index (χ1v) is 6.89. The van der Waals surface area contributed by atoms with Crippen molar-refractivity contribution < 1.29 is 14.7 Å². The molecule has 1 aliphatic carbocycles. The van der Waals surface area contributed by atoms with Crippen LogP contribution in [-0.4, -0.2) is 28.6 Å². The summed E-state index contributed by atoms with van der Waals surface area (Å²) in [6.45, 7) is 7.45. The lowest BCUT2D eigenvalue weighted by atomic mass is 9.76. The molecule has 0 heterocycles. The number of hydrogen-bond acceptors (Lipinski definition) is 3. The van der Waals surface area contributed by atoms with Crippen molar-refractivity contribution in [1.29, 1.82) is 0 Å². The van der Waals surface area contributed by atoms with Crippen LogP contribution in [0.2, 0.25) is 0 Å². The fraction of sp³-hybridized carbons (Fsp3) is 0.857. The van der Waals surface area contributed by atoms with Gasteiger partial charge >= 0.3 is 5.97 Å². The second-order valence-electron chi connectivity index (χ2n) is 6.97. The number of aliphatic carboxylic acids is 1. The number of rotatable bonds is 3. The van der Waals surface area contributed by atoms with Gasteiger partial charge in [0.1, 0.15) is 6.04 Å². The fourth-order valence-electron chi connectivity index (χ4n) is 2.72. The molecule has 5 nitrogen and oxygen atoms in total. The van der Waals surface area contributed by atoms with Crippen molar-refractivity contribution in [1.82, 2.24) is 5.32 Å². The van der Waals surface area contributed by atoms with Gasteiger partial charge in [-0.25, -0.2) is 4.79 Å². The minimum absolute atomic E-state index is 0.332. The van der Waals surface area contributed by atoms with Gasteiger partial charge in [0, 0.05) is 0 Å². The Hall–Kier alpha value is -1.10. The lowest BCUT2D eigenvalue weighted by Crippen LogP contribution is -2.61. The predicted molar refractivity (Wildman–Crippen MR) is 73.6 cm³/mol. The standard InChI is InChI=1S/C14H26N2O3/c1-9-6-5-7-14(15,8-9)12(19)16-10(11(17)18)13(2,3)4/h9-10H,5-8,15H2,1-4H3,(H,16,19)(H,17,18). The molecule has 3 unspecified atom stereocenters. The van der Waals surface area contributed by atoms with Crippen LogP contribution in [0.15, 0.2) is 0 Å². The molecule has 1 rings (SSSR count). The summed E-state index contributed by atoms with van der Waals surface area (Å²) in [5.74, 6) is -0.947. The second-order valence-corrected chi connectivity index (χ2v) is 6.97. The van der Waals surface area contributed by atoms with Gasteiger partial charge < -0.3 is 16.2 Å². The zero-order valence-electron chi connectivity index (χ0n) is 12.3. The third-order valence-electron chi connectivity index (χ3n) is 3.87. The molecule has 1 fully saturated rings. The Morgan fingerprint density at radius 1 is 1.42 bits per heavy atom. The molecular weight excluding hydrogens is 244 g/mol. The fourth-order valence-corrected chi connectivity index (χ4v) is 2.72. The van der Waals surface area contributed by atoms with Crippen molar-refractivity contribution in [3.8, 4) is 0 Å². The van der Waals surface area contributed by atoms with E-state index in [2.05, 4.69) is 12.2 Å². The molecule has 1 saturated carbocycles. The van der Waals surface area contributed by atoms with E-state index in [1.54, 1.807) is 20.8 Å². The van der Waals surface area contributed by atoms with Crippen LogP contribution in [0.4, 0.5) is 0 Å². The first-order chi connectivity index (χ1) is 8.56. The van der Waals surface area contributed by atoms with E-state index in [1.165, 1.54) is 0 Å². The van der Waals surface area contributed by atoms with E-state index in [1.807, 2.05) is 0 Å². The lowest BCUT2D eigenvalue weighted by molar-refractivity contribution is -0.146. The third kappa shape index (κ3) is 3.93. The topological polar surface area (TPSA) is 92.4 Å². The predicted octanol–water partition coefficient (Wildman–Crippen LogP) is 1.51. The minimum Gasteiger partial charge on any atom is -0.480 e. The summed E-state index contributed by atoms with van der Waals surface area (Å²) in [6, 6.07) is -0.919. The van der Waals surface area contributed by atoms with Gasteiger partial charge in [0.25, 0.3) is 0 Å². The van der Waals surface area contributed by atoms with Crippen molar-refractivity contribution in [2.45, 2.75) is 65.0 Å². The van der Waals surface area contributed by atoms with Crippen molar-refractivity contribution in [3.63, 3.8) is 0 Å². The molecular formula is C14H26N2O3. The Morgan fingerprint density at radius 2 is 2.00 bits per heavy atom. The van der Waals surface area contributed by atoms with Gasteiger partial charge in [0.2, 0.25) is 5.91 Å². The van der Waals surface area contributed by atoms with Crippen LogP contribution < -0.4 is 11.1 Å². The molecule has 0 aromatic carbocycles. The van der Waals surface area contributed by atoms with E-state index < -0.39 is 23.0 Å². The molecule has 0 bridgehead atoms. The molecule has 0 aromatic heterocycles. The van der Waals surface area contributed by atoms with Crippen molar-refractivity contribution >= 4 is 11.9 Å². The molecule has 3 atom stereocenters. The molecule has 0 radical (unpaired) electrons. The Balaban J connectivity index is 2.80. The van der Waals surface area contributed by atoms with Crippen LogP contribution in [0.3, 0.4) is 0 Å². The first kappa shape index (κ1) is 16.0. The van der Waals surface area contributed by atoms with E-state index in [4.69, 9.17) is 5.73 Å². The van der Waals surface area contributed by atoms with Gasteiger partial charge in [0.05, 0.1) is 5.54 Å². The number of carboxylic acids is 1. The zero-order chi connectivity index (χ0) is 14.8. The van der Waals surface area contributed by atoms with Crippen LogP contribution in [0.25, 0.3) is 0 Å². The first-order valence-electron chi connectivity index (χ1n) is 6.89. The van der Waals surface area contributed by atoms with Gasteiger partial charge in [-0.3, -0.25) is 4.79 Å². The number of hydrogen-bond donors (Lipinski definition) is 3. The van der Waals surface area contributed by atoms with Gasteiger partial charge in [-0.1, -0.05) is 40.5 Å². The van der Waals surface area contributed by atoms with Gasteiger partial charge in [0.15, 0.2) is 0 Å². The van der Waals surface area contributed by atoms with Gasteiger partial charge in [-0.15, -0.1) is 0 Å². The van der Waals surface area contributed by atoms with Crippen LogP contribution in [0.1, 0.15) is 53.4 Å². The number of nitrogens with one attached hydrogen (secondary N) is 1. The summed E-state index contributed by atoms with van der Waals surface area (Å²) in [6.07, 6.45) is 3.24. The monoisotopic (exact) mass is 270 g/mol. The maximum atomic E-state index is 12.3. The molecule has 4 N–H and O–H groups in total. The van der Waals surface area contributed by atoms with E-state index in [9.17, 15) is 14.7 Å². The molecule has 1 aliphatic rings. The molecule has 0 saturated heterocycles. The number of nitrogens with two attached hydrogens (primary N) is 1. The maximum absolute atomic E-state index is 12.3. The summed E-state index contributed by atoms with van der Waals surface area (Å²) >= 11 is 0. The Bertz CT molecular complexity index is 362. The summed E-state index contributed by atoms with van der Waals surface area (Å²) in [7, 11) is 0. The van der Waals surface area contributed by atoms with Crippen molar-refractivity contribution in [2.24, 2.45) is 17.1 Å². The summed E-state index contributed by atoms with van der Waals surface area (Å²) in [5.41, 5.74) is 4.72. The average Bonchev–Trinajstić information content (AvgIpc) is 2.22. The summed E-state index contributed by atoms with van der Waals surface area (Å²) < 4.78 is 0. The maximum Gasteiger partial charge on any atom is 0.326 e. The van der Waals surface area contributed by atoms with E-state index in [0.29, 0.717) is 18.8 Å². The largest absolute Gasteiger partial charge is 0.480 e. The average molecular weight is 270 g/mol. The quantitative estimate of drug-likeness (QED) is 0.724. The second kappa shape index (κ2) is 5.49. The molecule has 19 heavy (non-hydrogen) atoms. The minimum atomic E-state index is -1.02. The number of amides is 1. The Labute approximate surface area is 114 Å². The van der Waals surface area contributed by atoms with Gasteiger partial charge in [-0.05, 0) is 24.2 Å². The number of carboxylic acid groups (broad SMARTS) is 1. The van der Waals surface area contributed by atoms with Gasteiger partial charge in [-0.2, -0.15) is 0 Å². The Kier molecular flexibility index (Phi) is 4.61. The third-order valence-corrected chi connectivity index (χ3v) is 3.87. The number of carbonyl (C=O) groups is 2. The SMILES string of the molecule is CC1CCCC(N)(C(=O)NC(C(=O)O)C(C)(C)C)C1. The highest BCUT2D eigenvalue weighted by Crippen LogP contribution is 2.31. The molecule has 0 spiro atoms. The van der Waals surface area contributed by atoms with E-state index >= 15 is 0 Å². The molecule has 5 heteroatoms. The smallest absolute Gasteiger partial charge is 0.326 e. The zero-order valence-corrected chi connectivity index (χ0v) is 12.3. The summed E-state index contributed by atoms with van der Waals surface area (Å²) in [4.78, 5) is 23.6. The highest BCUT2D eigenvalue weighted by atomic mass is 16.4. The molecule has 110 valence electrons. The van der Waals surface area contributed by atoms with Crippen molar-refractivity contribution in [3.05, 3.63) is 0 Å². The summed E-state index contributed by atoms with van der Waals surface area (Å²) in [5, 5.41) is 11.9. The van der Waals surface area contributed by atoms with E-state index in [-0.39, 0.29) is 5.91 Å². The molecule has 0 aliphatic heterocycles. The lowest BCUT2D eigenvalue weighted by Gasteiger charge is -2.37.